The molecule has 1 amide bonds. The van der Waals surface area contributed by atoms with E-state index in [1.54, 1.807) is 22.9 Å². The number of nitrogens with zero attached hydrogens (tertiary/aromatic N) is 4. The molecule has 0 aliphatic heterocycles. The standard InChI is InChI=1S/C22H16ClN5O3/c1-14-10-11-16(23)12-19(14)27-21(15-6-3-2-4-7-15)25-20(26-27)22(29)24-17-8-5-9-18(13-17)28(30)31/h2-13H,1H3,(H,24,29). The summed E-state index contributed by atoms with van der Waals surface area (Å²) in [5.74, 6) is -0.198. The first kappa shape index (κ1) is 20.2. The van der Waals surface area contributed by atoms with Crippen molar-refractivity contribution < 1.29 is 9.72 Å². The molecular formula is C22H16ClN5O3. The first-order valence-corrected chi connectivity index (χ1v) is 9.65. The average molecular weight is 434 g/mol. The molecule has 3 aromatic carbocycles. The van der Waals surface area contributed by atoms with Gasteiger partial charge in [-0.2, -0.15) is 0 Å². The minimum Gasteiger partial charge on any atom is -0.319 e. The summed E-state index contributed by atoms with van der Waals surface area (Å²) >= 11 is 6.19. The molecule has 154 valence electrons. The van der Waals surface area contributed by atoms with Crippen molar-refractivity contribution in [3.63, 3.8) is 0 Å². The fourth-order valence-corrected chi connectivity index (χ4v) is 3.21. The number of aryl methyl sites for hydroxylation is 1. The number of non-ortho nitro benzene ring substituents is 1. The molecule has 0 aliphatic rings. The van der Waals surface area contributed by atoms with Crippen LogP contribution in [0.2, 0.25) is 5.02 Å². The number of carbonyl (C=O) groups is 1. The van der Waals surface area contributed by atoms with Gasteiger partial charge in [0.2, 0.25) is 5.82 Å². The molecule has 0 bridgehead atoms. The molecule has 0 spiro atoms. The van der Waals surface area contributed by atoms with Gasteiger partial charge in [0.1, 0.15) is 0 Å². The van der Waals surface area contributed by atoms with Crippen LogP contribution >= 0.6 is 11.6 Å². The molecule has 0 fully saturated rings. The number of hydrogen-bond donors (Lipinski definition) is 1. The maximum atomic E-state index is 12.8. The Morgan fingerprint density at radius 2 is 1.84 bits per heavy atom. The molecule has 8 nitrogen and oxygen atoms in total. The normalized spacial score (nSPS) is 10.6. The number of rotatable bonds is 5. The molecule has 4 aromatic rings. The third kappa shape index (κ3) is 4.29. The molecule has 0 atom stereocenters. The van der Waals surface area contributed by atoms with Gasteiger partial charge in [0.05, 0.1) is 10.6 Å². The highest BCUT2D eigenvalue weighted by Crippen LogP contribution is 2.26. The molecular weight excluding hydrogens is 418 g/mol. The molecule has 0 saturated carbocycles. The fourth-order valence-electron chi connectivity index (χ4n) is 3.05. The summed E-state index contributed by atoms with van der Waals surface area (Å²) in [4.78, 5) is 27.7. The van der Waals surface area contributed by atoms with Crippen LogP contribution in [0.25, 0.3) is 17.1 Å². The predicted octanol–water partition coefficient (Wildman–Crippen LogP) is 5.06. The second kappa shape index (κ2) is 8.37. The monoisotopic (exact) mass is 433 g/mol. The second-order valence-corrected chi connectivity index (χ2v) is 7.17. The predicted molar refractivity (Wildman–Crippen MR) is 118 cm³/mol. The summed E-state index contributed by atoms with van der Waals surface area (Å²) in [6.07, 6.45) is 0. The lowest BCUT2D eigenvalue weighted by atomic mass is 10.2. The van der Waals surface area contributed by atoms with E-state index in [9.17, 15) is 14.9 Å². The average Bonchev–Trinajstić information content (AvgIpc) is 3.22. The zero-order valence-corrected chi connectivity index (χ0v) is 17.1. The van der Waals surface area contributed by atoms with Crippen molar-refractivity contribution in [3.8, 4) is 17.1 Å². The van der Waals surface area contributed by atoms with E-state index in [0.717, 1.165) is 11.1 Å². The Bertz CT molecular complexity index is 1290. The van der Waals surface area contributed by atoms with Gasteiger partial charge < -0.3 is 5.32 Å². The number of nitro groups is 1. The van der Waals surface area contributed by atoms with Gasteiger partial charge in [0.15, 0.2) is 5.82 Å². The maximum Gasteiger partial charge on any atom is 0.295 e. The molecule has 4 rings (SSSR count). The van der Waals surface area contributed by atoms with Gasteiger partial charge in [-0.25, -0.2) is 9.67 Å². The molecule has 1 N–H and O–H groups in total. The molecule has 0 unspecified atom stereocenters. The van der Waals surface area contributed by atoms with E-state index in [-0.39, 0.29) is 17.2 Å². The van der Waals surface area contributed by atoms with Crippen molar-refractivity contribution in [2.24, 2.45) is 0 Å². The van der Waals surface area contributed by atoms with Gasteiger partial charge in [-0.1, -0.05) is 54.1 Å². The van der Waals surface area contributed by atoms with E-state index in [0.29, 0.717) is 16.5 Å². The van der Waals surface area contributed by atoms with Crippen molar-refractivity contribution in [2.75, 3.05) is 5.32 Å². The Balaban J connectivity index is 1.76. The number of carbonyl (C=O) groups excluding carboxylic acids is 1. The van der Waals surface area contributed by atoms with Crippen LogP contribution < -0.4 is 5.32 Å². The number of halogens is 1. The maximum absolute atomic E-state index is 12.8. The van der Waals surface area contributed by atoms with Crippen LogP contribution in [0.3, 0.4) is 0 Å². The highest BCUT2D eigenvalue weighted by molar-refractivity contribution is 6.30. The van der Waals surface area contributed by atoms with Crippen LogP contribution in [0, 0.1) is 17.0 Å². The summed E-state index contributed by atoms with van der Waals surface area (Å²) in [5, 5.41) is 18.5. The lowest BCUT2D eigenvalue weighted by Gasteiger charge is -2.09. The van der Waals surface area contributed by atoms with Crippen molar-refractivity contribution in [3.05, 3.63) is 99.3 Å². The fraction of sp³-hybridized carbons (Fsp3) is 0.0455. The highest BCUT2D eigenvalue weighted by atomic mass is 35.5. The molecule has 0 aliphatic carbocycles. The summed E-state index contributed by atoms with van der Waals surface area (Å²) < 4.78 is 1.57. The smallest absolute Gasteiger partial charge is 0.295 e. The lowest BCUT2D eigenvalue weighted by Crippen LogP contribution is -2.14. The Hall–Kier alpha value is -4.04. The van der Waals surface area contributed by atoms with Crippen LogP contribution in [0.1, 0.15) is 16.2 Å². The summed E-state index contributed by atoms with van der Waals surface area (Å²) in [5.41, 5.74) is 2.50. The van der Waals surface area contributed by atoms with Gasteiger partial charge in [0, 0.05) is 28.4 Å². The largest absolute Gasteiger partial charge is 0.319 e. The second-order valence-electron chi connectivity index (χ2n) is 6.73. The van der Waals surface area contributed by atoms with E-state index < -0.39 is 10.8 Å². The van der Waals surface area contributed by atoms with Crippen LogP contribution in [0.15, 0.2) is 72.8 Å². The Morgan fingerprint density at radius 1 is 1.06 bits per heavy atom. The van der Waals surface area contributed by atoms with Crippen molar-refractivity contribution in [2.45, 2.75) is 6.92 Å². The highest BCUT2D eigenvalue weighted by Gasteiger charge is 2.20. The lowest BCUT2D eigenvalue weighted by molar-refractivity contribution is -0.384. The Labute approximate surface area is 182 Å². The molecule has 1 heterocycles. The van der Waals surface area contributed by atoms with E-state index >= 15 is 0 Å². The minimum atomic E-state index is -0.587. The van der Waals surface area contributed by atoms with Gasteiger partial charge in [0.25, 0.3) is 11.6 Å². The quantitative estimate of drug-likeness (QED) is 0.350. The minimum absolute atomic E-state index is 0.0789. The van der Waals surface area contributed by atoms with E-state index in [1.807, 2.05) is 43.3 Å². The third-order valence-electron chi connectivity index (χ3n) is 4.56. The molecule has 31 heavy (non-hydrogen) atoms. The number of amides is 1. The first-order chi connectivity index (χ1) is 14.9. The van der Waals surface area contributed by atoms with Crippen LogP contribution in [0.5, 0.6) is 0 Å². The molecule has 0 radical (unpaired) electrons. The van der Waals surface area contributed by atoms with Crippen LogP contribution in [-0.4, -0.2) is 25.6 Å². The number of aromatic nitrogens is 3. The third-order valence-corrected chi connectivity index (χ3v) is 4.79. The van der Waals surface area contributed by atoms with Crippen LogP contribution in [-0.2, 0) is 0 Å². The van der Waals surface area contributed by atoms with E-state index in [2.05, 4.69) is 15.4 Å². The number of nitrogens with one attached hydrogen (secondary N) is 1. The molecule has 0 saturated heterocycles. The number of benzene rings is 3. The molecule has 1 aromatic heterocycles. The topological polar surface area (TPSA) is 103 Å². The molecule has 9 heteroatoms. The van der Waals surface area contributed by atoms with Crippen molar-refractivity contribution in [1.82, 2.24) is 14.8 Å². The summed E-state index contributed by atoms with van der Waals surface area (Å²) in [6, 6.07) is 20.4. The van der Waals surface area contributed by atoms with Crippen molar-refractivity contribution >= 4 is 28.9 Å². The Kier molecular flexibility index (Phi) is 5.46. The van der Waals surface area contributed by atoms with Gasteiger partial charge in [-0.05, 0) is 30.7 Å². The Morgan fingerprint density at radius 3 is 2.58 bits per heavy atom. The van der Waals surface area contributed by atoms with Gasteiger partial charge in [-0.15, -0.1) is 5.10 Å². The van der Waals surface area contributed by atoms with Crippen LogP contribution in [0.4, 0.5) is 11.4 Å². The zero-order valence-electron chi connectivity index (χ0n) is 16.3. The van der Waals surface area contributed by atoms with Gasteiger partial charge >= 0.3 is 0 Å². The number of anilines is 1. The summed E-state index contributed by atoms with van der Waals surface area (Å²) in [7, 11) is 0. The van der Waals surface area contributed by atoms with Gasteiger partial charge in [-0.3, -0.25) is 14.9 Å². The first-order valence-electron chi connectivity index (χ1n) is 9.27. The number of hydrogen-bond acceptors (Lipinski definition) is 5. The van der Waals surface area contributed by atoms with E-state index in [1.165, 1.54) is 18.2 Å². The van der Waals surface area contributed by atoms with E-state index in [4.69, 9.17) is 11.6 Å². The SMILES string of the molecule is Cc1ccc(Cl)cc1-n1nc(C(=O)Nc2cccc([N+](=O)[O-])c2)nc1-c1ccccc1. The van der Waals surface area contributed by atoms with Crippen molar-refractivity contribution in [1.29, 1.82) is 0 Å². The number of nitro benzene ring substituents is 1. The summed E-state index contributed by atoms with van der Waals surface area (Å²) in [6.45, 7) is 1.91. The zero-order chi connectivity index (χ0) is 22.0.